The molecule has 0 saturated carbocycles. The van der Waals surface area contributed by atoms with E-state index in [1.807, 2.05) is 0 Å². The molecule has 0 spiro atoms. The third kappa shape index (κ3) is 4.75. The number of aromatic carboxylic acids is 1. The van der Waals surface area contributed by atoms with E-state index in [1.165, 1.54) is 19.1 Å². The monoisotopic (exact) mass is 292 g/mol. The number of likely N-dealkylation sites (tertiary alicyclic amines) is 1. The molecular weight excluding hydrogens is 272 g/mol. The van der Waals surface area contributed by atoms with Crippen LogP contribution in [0.1, 0.15) is 23.7 Å². The maximum absolute atomic E-state index is 11.0. The first-order valence-electron chi connectivity index (χ1n) is 7.00. The number of hydrogen-bond acceptors (Lipinski definition) is 4. The van der Waals surface area contributed by atoms with Crippen molar-refractivity contribution in [3.05, 3.63) is 29.8 Å². The molecule has 1 aromatic carbocycles. The van der Waals surface area contributed by atoms with Gasteiger partial charge < -0.3 is 15.2 Å². The van der Waals surface area contributed by atoms with E-state index in [9.17, 15) is 9.59 Å². The van der Waals surface area contributed by atoms with Gasteiger partial charge >= 0.3 is 5.97 Å². The van der Waals surface area contributed by atoms with Gasteiger partial charge in [-0.1, -0.05) is 6.07 Å². The van der Waals surface area contributed by atoms with Gasteiger partial charge in [0.2, 0.25) is 5.91 Å². The summed E-state index contributed by atoms with van der Waals surface area (Å²) in [5.74, 6) is -0.394. The van der Waals surface area contributed by atoms with Crippen LogP contribution < -0.4 is 10.1 Å². The van der Waals surface area contributed by atoms with Gasteiger partial charge in [-0.3, -0.25) is 9.69 Å². The number of ether oxygens (including phenoxy) is 1. The molecule has 2 N–H and O–H groups in total. The number of amides is 1. The number of carbonyl (C=O) groups is 2. The molecule has 1 aliphatic rings. The Morgan fingerprint density at radius 2 is 2.29 bits per heavy atom. The molecule has 114 valence electrons. The molecule has 1 heterocycles. The van der Waals surface area contributed by atoms with Crippen molar-refractivity contribution in [1.82, 2.24) is 10.2 Å². The number of hydrogen-bond donors (Lipinski definition) is 2. The van der Waals surface area contributed by atoms with E-state index in [4.69, 9.17) is 9.84 Å². The Bertz CT molecular complexity index is 518. The van der Waals surface area contributed by atoms with Crippen LogP contribution in [0.15, 0.2) is 24.3 Å². The average Bonchev–Trinajstić information content (AvgIpc) is 2.86. The number of benzene rings is 1. The molecule has 0 aromatic heterocycles. The minimum Gasteiger partial charge on any atom is -0.492 e. The zero-order chi connectivity index (χ0) is 15.2. The van der Waals surface area contributed by atoms with Crippen LogP contribution in [-0.4, -0.2) is 54.2 Å². The second-order valence-corrected chi connectivity index (χ2v) is 5.17. The van der Waals surface area contributed by atoms with Crippen LogP contribution in [0.4, 0.5) is 0 Å². The van der Waals surface area contributed by atoms with Crippen molar-refractivity contribution in [2.45, 2.75) is 19.4 Å². The van der Waals surface area contributed by atoms with Gasteiger partial charge in [-0.25, -0.2) is 4.79 Å². The zero-order valence-corrected chi connectivity index (χ0v) is 12.0. The number of nitrogens with zero attached hydrogens (tertiary/aromatic N) is 1. The molecule has 2 rings (SSSR count). The molecule has 1 amide bonds. The van der Waals surface area contributed by atoms with E-state index < -0.39 is 5.97 Å². The highest BCUT2D eigenvalue weighted by molar-refractivity contribution is 5.87. The third-order valence-electron chi connectivity index (χ3n) is 3.44. The summed E-state index contributed by atoms with van der Waals surface area (Å²) in [6.07, 6.45) is 0.952. The Morgan fingerprint density at radius 3 is 3.00 bits per heavy atom. The molecule has 1 aliphatic heterocycles. The fraction of sp³-hybridized carbons (Fsp3) is 0.467. The van der Waals surface area contributed by atoms with Crippen molar-refractivity contribution in [3.8, 4) is 5.75 Å². The van der Waals surface area contributed by atoms with E-state index in [-0.39, 0.29) is 17.5 Å². The van der Waals surface area contributed by atoms with E-state index in [0.717, 1.165) is 26.1 Å². The second-order valence-electron chi connectivity index (χ2n) is 5.17. The van der Waals surface area contributed by atoms with Gasteiger partial charge in [0.1, 0.15) is 12.4 Å². The van der Waals surface area contributed by atoms with Crippen LogP contribution in [0.25, 0.3) is 0 Å². The number of rotatable bonds is 6. The highest BCUT2D eigenvalue weighted by Crippen LogP contribution is 2.14. The van der Waals surface area contributed by atoms with E-state index >= 15 is 0 Å². The van der Waals surface area contributed by atoms with Crippen LogP contribution >= 0.6 is 0 Å². The number of carboxylic acid groups (broad SMARTS) is 1. The first-order chi connectivity index (χ1) is 10.0. The summed E-state index contributed by atoms with van der Waals surface area (Å²) in [6, 6.07) is 6.69. The lowest BCUT2D eigenvalue weighted by atomic mass is 10.2. The fourth-order valence-corrected chi connectivity index (χ4v) is 2.45. The molecule has 1 aromatic rings. The highest BCUT2D eigenvalue weighted by atomic mass is 16.5. The quantitative estimate of drug-likeness (QED) is 0.817. The van der Waals surface area contributed by atoms with Crippen LogP contribution in [0, 0.1) is 0 Å². The lowest BCUT2D eigenvalue weighted by Gasteiger charge is -2.16. The lowest BCUT2D eigenvalue weighted by Crippen LogP contribution is -2.36. The Morgan fingerprint density at radius 1 is 1.48 bits per heavy atom. The van der Waals surface area contributed by atoms with Gasteiger partial charge in [0.25, 0.3) is 0 Å². The molecule has 0 bridgehead atoms. The second kappa shape index (κ2) is 7.08. The molecular formula is C15H20N2O4. The van der Waals surface area contributed by atoms with Gasteiger partial charge in [-0.15, -0.1) is 0 Å². The molecule has 6 nitrogen and oxygen atoms in total. The summed E-state index contributed by atoms with van der Waals surface area (Å²) in [7, 11) is 0. The Balaban J connectivity index is 1.74. The van der Waals surface area contributed by atoms with Gasteiger partial charge in [-0.05, 0) is 24.6 Å². The average molecular weight is 292 g/mol. The molecule has 1 fully saturated rings. The fourth-order valence-electron chi connectivity index (χ4n) is 2.45. The molecule has 6 heteroatoms. The molecule has 1 atom stereocenters. The predicted molar refractivity (Wildman–Crippen MR) is 77.6 cm³/mol. The van der Waals surface area contributed by atoms with Gasteiger partial charge in [0.05, 0.1) is 5.56 Å². The minimum absolute atomic E-state index is 0.00332. The predicted octanol–water partition coefficient (Wildman–Crippen LogP) is 0.974. The first-order valence-corrected chi connectivity index (χ1v) is 7.00. The van der Waals surface area contributed by atoms with Crippen LogP contribution in [0.5, 0.6) is 5.75 Å². The third-order valence-corrected chi connectivity index (χ3v) is 3.44. The van der Waals surface area contributed by atoms with Crippen molar-refractivity contribution >= 4 is 11.9 Å². The standard InChI is InChI=1S/C15H20N2O4/c1-11(18)16-13-5-6-17(10-13)7-8-21-14-4-2-3-12(9-14)15(19)20/h2-4,9,13H,5-8,10H2,1H3,(H,16,18)(H,19,20). The zero-order valence-electron chi connectivity index (χ0n) is 12.0. The maximum atomic E-state index is 11.0. The Hall–Kier alpha value is -2.08. The van der Waals surface area contributed by atoms with Gasteiger partial charge in [-0.2, -0.15) is 0 Å². The molecule has 0 radical (unpaired) electrons. The maximum Gasteiger partial charge on any atom is 0.335 e. The van der Waals surface area contributed by atoms with Crippen molar-refractivity contribution in [2.24, 2.45) is 0 Å². The van der Waals surface area contributed by atoms with Crippen molar-refractivity contribution in [3.63, 3.8) is 0 Å². The highest BCUT2D eigenvalue weighted by Gasteiger charge is 2.22. The van der Waals surface area contributed by atoms with Gasteiger partial charge in [0, 0.05) is 32.6 Å². The van der Waals surface area contributed by atoms with E-state index in [1.54, 1.807) is 12.1 Å². The summed E-state index contributed by atoms with van der Waals surface area (Å²) in [6.45, 7) is 4.55. The van der Waals surface area contributed by atoms with Crippen molar-refractivity contribution < 1.29 is 19.4 Å². The van der Waals surface area contributed by atoms with Crippen molar-refractivity contribution in [1.29, 1.82) is 0 Å². The van der Waals surface area contributed by atoms with Gasteiger partial charge in [0.15, 0.2) is 0 Å². The largest absolute Gasteiger partial charge is 0.492 e. The Labute approximate surface area is 123 Å². The van der Waals surface area contributed by atoms with Crippen molar-refractivity contribution in [2.75, 3.05) is 26.2 Å². The van der Waals surface area contributed by atoms with E-state index in [0.29, 0.717) is 12.4 Å². The summed E-state index contributed by atoms with van der Waals surface area (Å²) in [5, 5.41) is 11.8. The summed E-state index contributed by atoms with van der Waals surface area (Å²) < 4.78 is 5.58. The molecule has 21 heavy (non-hydrogen) atoms. The normalized spacial score (nSPS) is 18.4. The van der Waals surface area contributed by atoms with E-state index in [2.05, 4.69) is 10.2 Å². The number of carbonyl (C=O) groups excluding carboxylic acids is 1. The molecule has 1 unspecified atom stereocenters. The Kier molecular flexibility index (Phi) is 5.16. The summed E-state index contributed by atoms with van der Waals surface area (Å²) >= 11 is 0. The molecule has 0 aliphatic carbocycles. The number of carboxylic acids is 1. The molecule has 1 saturated heterocycles. The minimum atomic E-state index is -0.960. The summed E-state index contributed by atoms with van der Waals surface area (Å²) in [5.41, 5.74) is 0.222. The van der Waals surface area contributed by atoms with Crippen LogP contribution in [-0.2, 0) is 4.79 Å². The van der Waals surface area contributed by atoms with Crippen LogP contribution in [0.2, 0.25) is 0 Å². The van der Waals surface area contributed by atoms with Crippen LogP contribution in [0.3, 0.4) is 0 Å². The topological polar surface area (TPSA) is 78.9 Å². The first kappa shape index (κ1) is 15.3. The smallest absolute Gasteiger partial charge is 0.335 e. The summed E-state index contributed by atoms with van der Waals surface area (Å²) in [4.78, 5) is 24.1. The SMILES string of the molecule is CC(=O)NC1CCN(CCOc2cccc(C(=O)O)c2)C1. The number of nitrogens with one attached hydrogen (secondary N) is 1. The lowest BCUT2D eigenvalue weighted by molar-refractivity contribution is -0.119.